The highest BCUT2D eigenvalue weighted by molar-refractivity contribution is 7.89. The summed E-state index contributed by atoms with van der Waals surface area (Å²) in [6.45, 7) is -0.0554. The SMILES string of the molecule is COc1cc(COC(=O)c2cccc(S(=O)(=O)N(C)C)c2)cc(OC)c1OC. The van der Waals surface area contributed by atoms with Gasteiger partial charge in [0.25, 0.3) is 0 Å². The van der Waals surface area contributed by atoms with Crippen LogP contribution in [0.2, 0.25) is 0 Å². The largest absolute Gasteiger partial charge is 0.493 e. The summed E-state index contributed by atoms with van der Waals surface area (Å²) in [5.74, 6) is 0.658. The number of ether oxygens (including phenoxy) is 4. The maximum atomic E-state index is 12.4. The van der Waals surface area contributed by atoms with E-state index >= 15 is 0 Å². The van der Waals surface area contributed by atoms with Crippen molar-refractivity contribution in [2.75, 3.05) is 35.4 Å². The van der Waals surface area contributed by atoms with E-state index < -0.39 is 16.0 Å². The average Bonchev–Trinajstić information content (AvgIpc) is 2.70. The Bertz CT molecular complexity index is 929. The van der Waals surface area contributed by atoms with Gasteiger partial charge in [-0.3, -0.25) is 0 Å². The average molecular weight is 409 g/mol. The van der Waals surface area contributed by atoms with Crippen molar-refractivity contribution < 1.29 is 32.2 Å². The molecule has 0 heterocycles. The van der Waals surface area contributed by atoms with E-state index in [1.54, 1.807) is 12.1 Å². The molecule has 0 unspecified atom stereocenters. The van der Waals surface area contributed by atoms with Crippen molar-refractivity contribution in [3.63, 3.8) is 0 Å². The molecule has 9 heteroatoms. The van der Waals surface area contributed by atoms with Gasteiger partial charge in [-0.15, -0.1) is 0 Å². The monoisotopic (exact) mass is 409 g/mol. The van der Waals surface area contributed by atoms with Crippen LogP contribution < -0.4 is 14.2 Å². The quantitative estimate of drug-likeness (QED) is 0.618. The molecule has 0 fully saturated rings. The zero-order valence-electron chi connectivity index (χ0n) is 16.4. The first-order valence-corrected chi connectivity index (χ1v) is 9.67. The molecule has 0 aliphatic heterocycles. The van der Waals surface area contributed by atoms with E-state index in [2.05, 4.69) is 0 Å². The van der Waals surface area contributed by atoms with Crippen molar-refractivity contribution in [3.8, 4) is 17.2 Å². The highest BCUT2D eigenvalue weighted by Gasteiger charge is 2.20. The van der Waals surface area contributed by atoms with Crippen molar-refractivity contribution in [3.05, 3.63) is 47.5 Å². The van der Waals surface area contributed by atoms with Crippen LogP contribution in [0.4, 0.5) is 0 Å². The van der Waals surface area contributed by atoms with Crippen molar-refractivity contribution in [1.82, 2.24) is 4.31 Å². The predicted molar refractivity (Wildman–Crippen MR) is 103 cm³/mol. The maximum absolute atomic E-state index is 12.4. The van der Waals surface area contributed by atoms with Gasteiger partial charge >= 0.3 is 5.97 Å². The lowest BCUT2D eigenvalue weighted by Crippen LogP contribution is -2.22. The second-order valence-corrected chi connectivity index (χ2v) is 8.08. The first kappa shape index (κ1) is 21.5. The van der Waals surface area contributed by atoms with Gasteiger partial charge < -0.3 is 18.9 Å². The first-order chi connectivity index (χ1) is 13.2. The van der Waals surface area contributed by atoms with Gasteiger partial charge in [0, 0.05) is 14.1 Å². The minimum Gasteiger partial charge on any atom is -0.493 e. The van der Waals surface area contributed by atoms with E-state index in [0.717, 1.165) is 4.31 Å². The lowest BCUT2D eigenvalue weighted by molar-refractivity contribution is 0.0471. The van der Waals surface area contributed by atoms with Crippen LogP contribution >= 0.6 is 0 Å². The Morgan fingerprint density at radius 2 is 1.57 bits per heavy atom. The van der Waals surface area contributed by atoms with Crippen LogP contribution in [0.15, 0.2) is 41.3 Å². The molecule has 0 spiro atoms. The van der Waals surface area contributed by atoms with E-state index in [4.69, 9.17) is 18.9 Å². The summed E-state index contributed by atoms with van der Waals surface area (Å²) in [5.41, 5.74) is 0.760. The molecule has 0 aromatic heterocycles. The third kappa shape index (κ3) is 4.55. The van der Waals surface area contributed by atoms with Crippen LogP contribution in [0.25, 0.3) is 0 Å². The number of nitrogens with zero attached hydrogens (tertiary/aromatic N) is 1. The minimum absolute atomic E-state index is 0.0136. The summed E-state index contributed by atoms with van der Waals surface area (Å²) in [6, 6.07) is 9.03. The van der Waals surface area contributed by atoms with Gasteiger partial charge in [0.2, 0.25) is 15.8 Å². The van der Waals surface area contributed by atoms with E-state index in [1.165, 1.54) is 59.7 Å². The molecule has 0 aliphatic rings. The normalized spacial score (nSPS) is 11.2. The van der Waals surface area contributed by atoms with Crippen LogP contribution in [0.5, 0.6) is 17.2 Å². The Hall–Kier alpha value is -2.78. The molecule has 0 aliphatic carbocycles. The van der Waals surface area contributed by atoms with Gasteiger partial charge in [-0.05, 0) is 35.9 Å². The summed E-state index contributed by atoms with van der Waals surface area (Å²) in [6.07, 6.45) is 0. The summed E-state index contributed by atoms with van der Waals surface area (Å²) in [4.78, 5) is 12.4. The predicted octanol–water partition coefficient (Wildman–Crippen LogP) is 2.32. The number of carbonyl (C=O) groups is 1. The molecule has 0 saturated heterocycles. The van der Waals surface area contributed by atoms with Crippen molar-refractivity contribution in [2.24, 2.45) is 0 Å². The van der Waals surface area contributed by atoms with E-state index in [1.807, 2.05) is 0 Å². The fraction of sp³-hybridized carbons (Fsp3) is 0.316. The van der Waals surface area contributed by atoms with Crippen molar-refractivity contribution >= 4 is 16.0 Å². The number of carbonyl (C=O) groups excluding carboxylic acids is 1. The molecule has 0 saturated carbocycles. The highest BCUT2D eigenvalue weighted by atomic mass is 32.2. The van der Waals surface area contributed by atoms with Gasteiger partial charge in [-0.1, -0.05) is 6.07 Å². The Labute approximate surface area is 164 Å². The number of methoxy groups -OCH3 is 3. The number of hydrogen-bond donors (Lipinski definition) is 0. The lowest BCUT2D eigenvalue weighted by atomic mass is 10.2. The fourth-order valence-electron chi connectivity index (χ4n) is 2.45. The van der Waals surface area contributed by atoms with Gasteiger partial charge in [0.15, 0.2) is 11.5 Å². The molecular formula is C19H23NO7S. The third-order valence-electron chi connectivity index (χ3n) is 3.94. The zero-order chi connectivity index (χ0) is 20.9. The molecule has 152 valence electrons. The number of sulfonamides is 1. The van der Waals surface area contributed by atoms with E-state index in [0.29, 0.717) is 22.8 Å². The summed E-state index contributed by atoms with van der Waals surface area (Å²) in [5, 5.41) is 0. The number of rotatable bonds is 8. The number of benzene rings is 2. The maximum Gasteiger partial charge on any atom is 0.338 e. The Kier molecular flexibility index (Phi) is 6.87. The van der Waals surface area contributed by atoms with Gasteiger partial charge in [0.05, 0.1) is 31.8 Å². The first-order valence-electron chi connectivity index (χ1n) is 8.23. The van der Waals surface area contributed by atoms with Crippen molar-refractivity contribution in [2.45, 2.75) is 11.5 Å². The molecule has 2 rings (SSSR count). The molecule has 0 N–H and O–H groups in total. The smallest absolute Gasteiger partial charge is 0.338 e. The molecule has 28 heavy (non-hydrogen) atoms. The molecule has 8 nitrogen and oxygen atoms in total. The van der Waals surface area contributed by atoms with Crippen molar-refractivity contribution in [1.29, 1.82) is 0 Å². The molecule has 0 bridgehead atoms. The summed E-state index contributed by atoms with van der Waals surface area (Å²) >= 11 is 0. The lowest BCUT2D eigenvalue weighted by Gasteiger charge is -2.14. The topological polar surface area (TPSA) is 91.4 Å². The Morgan fingerprint density at radius 3 is 2.07 bits per heavy atom. The van der Waals surface area contributed by atoms with Crippen LogP contribution in [0.1, 0.15) is 15.9 Å². The van der Waals surface area contributed by atoms with Gasteiger partial charge in [-0.2, -0.15) is 0 Å². The van der Waals surface area contributed by atoms with Crippen LogP contribution in [0.3, 0.4) is 0 Å². The Balaban J connectivity index is 2.21. The molecule has 2 aromatic carbocycles. The molecule has 0 atom stereocenters. The highest BCUT2D eigenvalue weighted by Crippen LogP contribution is 2.38. The number of hydrogen-bond acceptors (Lipinski definition) is 7. The zero-order valence-corrected chi connectivity index (χ0v) is 17.2. The fourth-order valence-corrected chi connectivity index (χ4v) is 3.39. The minimum atomic E-state index is -3.65. The van der Waals surface area contributed by atoms with E-state index in [-0.39, 0.29) is 17.1 Å². The summed E-state index contributed by atoms with van der Waals surface area (Å²) in [7, 11) is 3.67. The van der Waals surface area contributed by atoms with E-state index in [9.17, 15) is 13.2 Å². The Morgan fingerprint density at radius 1 is 0.964 bits per heavy atom. The second kappa shape index (κ2) is 8.94. The second-order valence-electron chi connectivity index (χ2n) is 5.92. The molecular weight excluding hydrogens is 386 g/mol. The van der Waals surface area contributed by atoms with Crippen LogP contribution in [-0.4, -0.2) is 54.1 Å². The molecule has 0 radical (unpaired) electrons. The molecule has 0 amide bonds. The summed E-state index contributed by atoms with van der Waals surface area (Å²) < 4.78 is 46.6. The van der Waals surface area contributed by atoms with Gasteiger partial charge in [0.1, 0.15) is 6.61 Å². The van der Waals surface area contributed by atoms with Gasteiger partial charge in [-0.25, -0.2) is 17.5 Å². The van der Waals surface area contributed by atoms with Crippen LogP contribution in [-0.2, 0) is 21.4 Å². The number of esters is 1. The van der Waals surface area contributed by atoms with Crippen LogP contribution in [0, 0.1) is 0 Å². The third-order valence-corrected chi connectivity index (χ3v) is 5.75. The molecule has 2 aromatic rings. The standard InChI is InChI=1S/C19H23NO7S/c1-20(2)28(22,23)15-8-6-7-14(11-15)19(21)27-12-13-9-16(24-3)18(26-5)17(10-13)25-4/h6-11H,12H2,1-5H3.